The van der Waals surface area contributed by atoms with Crippen LogP contribution in [-0.4, -0.2) is 23.8 Å². The number of rotatable bonds is 5. The van der Waals surface area contributed by atoms with Crippen LogP contribution < -0.4 is 5.32 Å². The highest BCUT2D eigenvalue weighted by Crippen LogP contribution is 2.20. The molecule has 21 heavy (non-hydrogen) atoms. The number of hydrogen-bond acceptors (Lipinski definition) is 3. The number of benzene rings is 2. The van der Waals surface area contributed by atoms with E-state index in [4.69, 9.17) is 4.74 Å². The number of fused-ring (bicyclic) bond motifs is 1. The minimum atomic E-state index is -1.16. The van der Waals surface area contributed by atoms with Gasteiger partial charge in [-0.25, -0.2) is 9.59 Å². The summed E-state index contributed by atoms with van der Waals surface area (Å²) in [4.78, 5) is 22.9. The number of alkyl carbamates (subject to hydrolysis) is 1. The zero-order valence-corrected chi connectivity index (χ0v) is 11.3. The van der Waals surface area contributed by atoms with Gasteiger partial charge < -0.3 is 15.2 Å². The zero-order chi connectivity index (χ0) is 15.2. The van der Waals surface area contributed by atoms with Gasteiger partial charge in [0.05, 0.1) is 0 Å². The molecule has 0 aromatic heterocycles. The van der Waals surface area contributed by atoms with E-state index in [9.17, 15) is 14.7 Å². The molecule has 0 saturated heterocycles. The average Bonchev–Trinajstić information content (AvgIpc) is 2.49. The summed E-state index contributed by atoms with van der Waals surface area (Å²) in [7, 11) is 0. The predicted molar refractivity (Wildman–Crippen MR) is 79.0 cm³/mol. The Bertz CT molecular complexity index is 681. The van der Waals surface area contributed by atoms with Gasteiger partial charge in [-0.15, -0.1) is 0 Å². The van der Waals surface area contributed by atoms with E-state index in [-0.39, 0.29) is 6.61 Å². The maximum atomic E-state index is 11.5. The molecule has 0 aliphatic heterocycles. The van der Waals surface area contributed by atoms with Gasteiger partial charge in [0.25, 0.3) is 0 Å². The molecule has 2 rings (SSSR count). The van der Waals surface area contributed by atoms with Gasteiger partial charge in [0, 0.05) is 0 Å². The number of amides is 1. The fraction of sp³-hybridized carbons (Fsp3) is 0.125. The van der Waals surface area contributed by atoms with Crippen LogP contribution in [0.15, 0.2) is 55.1 Å². The molecular formula is C16H15NO4. The second kappa shape index (κ2) is 6.56. The van der Waals surface area contributed by atoms with Crippen LogP contribution in [0, 0.1) is 0 Å². The largest absolute Gasteiger partial charge is 0.479 e. The van der Waals surface area contributed by atoms with E-state index in [0.29, 0.717) is 5.56 Å². The molecule has 0 aliphatic carbocycles. The van der Waals surface area contributed by atoms with Gasteiger partial charge in [-0.1, -0.05) is 49.1 Å². The van der Waals surface area contributed by atoms with E-state index in [1.165, 1.54) is 6.08 Å². The predicted octanol–water partition coefficient (Wildman–Crippen LogP) is 2.88. The first-order chi connectivity index (χ1) is 10.1. The van der Waals surface area contributed by atoms with Crippen molar-refractivity contribution in [2.24, 2.45) is 0 Å². The molecule has 0 aliphatic rings. The van der Waals surface area contributed by atoms with Crippen LogP contribution in [0.4, 0.5) is 4.79 Å². The third-order valence-corrected chi connectivity index (χ3v) is 2.95. The van der Waals surface area contributed by atoms with Gasteiger partial charge in [0.1, 0.15) is 6.61 Å². The first-order valence-electron chi connectivity index (χ1n) is 6.37. The topological polar surface area (TPSA) is 75.6 Å². The summed E-state index contributed by atoms with van der Waals surface area (Å²) >= 11 is 0. The molecule has 0 bridgehead atoms. The molecule has 1 amide bonds. The van der Waals surface area contributed by atoms with Crippen molar-refractivity contribution in [1.82, 2.24) is 5.32 Å². The number of hydrogen-bond donors (Lipinski definition) is 2. The fourth-order valence-corrected chi connectivity index (χ4v) is 1.97. The van der Waals surface area contributed by atoms with Crippen molar-refractivity contribution in [3.63, 3.8) is 0 Å². The van der Waals surface area contributed by atoms with E-state index < -0.39 is 18.1 Å². The minimum absolute atomic E-state index is 0.0237. The summed E-state index contributed by atoms with van der Waals surface area (Å²) < 4.78 is 4.75. The molecule has 5 nitrogen and oxygen atoms in total. The first kappa shape index (κ1) is 14.6. The second-order valence-corrected chi connectivity index (χ2v) is 4.41. The van der Waals surface area contributed by atoms with Gasteiger partial charge in [-0.2, -0.15) is 0 Å². The second-order valence-electron chi connectivity index (χ2n) is 4.41. The lowest BCUT2D eigenvalue weighted by molar-refractivity contribution is -0.139. The van der Waals surface area contributed by atoms with Crippen LogP contribution in [0.3, 0.4) is 0 Å². The van der Waals surface area contributed by atoms with Crippen molar-refractivity contribution < 1.29 is 19.4 Å². The Morgan fingerprint density at radius 3 is 2.62 bits per heavy atom. The van der Waals surface area contributed by atoms with E-state index in [2.05, 4.69) is 11.9 Å². The van der Waals surface area contributed by atoms with Gasteiger partial charge in [-0.05, 0) is 22.4 Å². The lowest BCUT2D eigenvalue weighted by atomic mass is 10.0. The molecule has 1 unspecified atom stereocenters. The molecule has 2 aromatic rings. The first-order valence-corrected chi connectivity index (χ1v) is 6.37. The van der Waals surface area contributed by atoms with Crippen LogP contribution in [0.2, 0.25) is 0 Å². The molecule has 0 spiro atoms. The fourth-order valence-electron chi connectivity index (χ4n) is 1.97. The van der Waals surface area contributed by atoms with Crippen molar-refractivity contribution in [3.05, 3.63) is 60.7 Å². The number of carboxylic acids is 1. The summed E-state index contributed by atoms with van der Waals surface area (Å²) in [5, 5.41) is 13.5. The number of carbonyl (C=O) groups is 2. The van der Waals surface area contributed by atoms with E-state index in [1.807, 2.05) is 30.3 Å². The van der Waals surface area contributed by atoms with Gasteiger partial charge in [0.15, 0.2) is 6.04 Å². The molecule has 0 heterocycles. The Hall–Kier alpha value is -2.82. The van der Waals surface area contributed by atoms with Gasteiger partial charge >= 0.3 is 12.1 Å². The summed E-state index contributed by atoms with van der Waals surface area (Å²) in [6, 6.07) is 11.7. The molecule has 2 N–H and O–H groups in total. The maximum absolute atomic E-state index is 11.5. The Kier molecular flexibility index (Phi) is 4.56. The van der Waals surface area contributed by atoms with Gasteiger partial charge in [-0.3, -0.25) is 0 Å². The Morgan fingerprint density at radius 2 is 1.95 bits per heavy atom. The average molecular weight is 285 g/mol. The molecule has 0 saturated carbocycles. The Labute approximate surface area is 121 Å². The van der Waals surface area contributed by atoms with E-state index in [0.717, 1.165) is 10.8 Å². The summed E-state index contributed by atoms with van der Waals surface area (Å²) in [6.45, 7) is 3.44. The van der Waals surface area contributed by atoms with Crippen LogP contribution in [0.1, 0.15) is 11.6 Å². The number of nitrogens with one attached hydrogen (secondary N) is 1. The van der Waals surface area contributed by atoms with Crippen molar-refractivity contribution >= 4 is 22.8 Å². The lowest BCUT2D eigenvalue weighted by Gasteiger charge is -2.15. The third kappa shape index (κ3) is 3.60. The molecule has 0 radical (unpaired) electrons. The highest BCUT2D eigenvalue weighted by Gasteiger charge is 2.22. The smallest absolute Gasteiger partial charge is 0.408 e. The minimum Gasteiger partial charge on any atom is -0.479 e. The highest BCUT2D eigenvalue weighted by atomic mass is 16.5. The molecule has 0 fully saturated rings. The third-order valence-electron chi connectivity index (χ3n) is 2.95. The van der Waals surface area contributed by atoms with Gasteiger partial charge in [0.2, 0.25) is 0 Å². The molecule has 108 valence electrons. The number of aliphatic carboxylic acids is 1. The van der Waals surface area contributed by atoms with Crippen LogP contribution in [-0.2, 0) is 9.53 Å². The monoisotopic (exact) mass is 285 g/mol. The number of carboxylic acid groups (broad SMARTS) is 1. The Balaban J connectivity index is 2.25. The quantitative estimate of drug-likeness (QED) is 0.828. The van der Waals surface area contributed by atoms with Crippen molar-refractivity contribution in [1.29, 1.82) is 0 Å². The van der Waals surface area contributed by atoms with Crippen molar-refractivity contribution in [2.45, 2.75) is 6.04 Å². The van der Waals surface area contributed by atoms with Crippen LogP contribution in [0.5, 0.6) is 0 Å². The summed E-state index contributed by atoms with van der Waals surface area (Å²) in [6.07, 6.45) is 0.612. The van der Waals surface area contributed by atoms with Crippen molar-refractivity contribution in [2.75, 3.05) is 6.61 Å². The maximum Gasteiger partial charge on any atom is 0.408 e. The normalized spacial score (nSPS) is 11.6. The zero-order valence-electron chi connectivity index (χ0n) is 11.3. The van der Waals surface area contributed by atoms with Crippen LogP contribution >= 0.6 is 0 Å². The molecular weight excluding hydrogens is 270 g/mol. The van der Waals surface area contributed by atoms with Crippen LogP contribution in [0.25, 0.3) is 10.8 Å². The highest BCUT2D eigenvalue weighted by molar-refractivity contribution is 5.86. The number of ether oxygens (including phenoxy) is 1. The summed E-state index contributed by atoms with van der Waals surface area (Å²) in [5.74, 6) is -1.15. The lowest BCUT2D eigenvalue weighted by Crippen LogP contribution is -2.34. The van der Waals surface area contributed by atoms with E-state index >= 15 is 0 Å². The number of carbonyl (C=O) groups excluding carboxylic acids is 1. The van der Waals surface area contributed by atoms with Crippen molar-refractivity contribution in [3.8, 4) is 0 Å². The summed E-state index contributed by atoms with van der Waals surface area (Å²) in [5.41, 5.74) is 0.483. The standard InChI is InChI=1S/C16H15NO4/c1-2-9-21-16(20)17-14(15(18)19)13-8-7-11-5-3-4-6-12(11)10-13/h2-8,10,14H,1,9H2,(H,17,20)(H,18,19). The SMILES string of the molecule is C=CCOC(=O)NC(C(=O)O)c1ccc2ccccc2c1. The van der Waals surface area contributed by atoms with E-state index in [1.54, 1.807) is 12.1 Å². The Morgan fingerprint density at radius 1 is 1.24 bits per heavy atom. The molecule has 5 heteroatoms. The molecule has 2 aromatic carbocycles. The molecule has 1 atom stereocenters.